The van der Waals surface area contributed by atoms with Gasteiger partial charge in [0.1, 0.15) is 0 Å². The second-order valence-electron chi connectivity index (χ2n) is 6.52. The minimum atomic E-state index is -3.14. The lowest BCUT2D eigenvalue weighted by atomic mass is 9.85. The van der Waals surface area contributed by atoms with Gasteiger partial charge >= 0.3 is 0 Å². The summed E-state index contributed by atoms with van der Waals surface area (Å²) in [5, 5.41) is 3.41. The lowest BCUT2D eigenvalue weighted by molar-refractivity contribution is 0.0213. The van der Waals surface area contributed by atoms with Crippen LogP contribution in [0.5, 0.6) is 0 Å². The molecule has 128 valence electrons. The van der Waals surface area contributed by atoms with Crippen LogP contribution in [0.4, 0.5) is 0 Å². The van der Waals surface area contributed by atoms with Gasteiger partial charge < -0.3 is 10.1 Å². The minimum absolute atomic E-state index is 0.356. The highest BCUT2D eigenvalue weighted by Gasteiger charge is 2.31. The minimum Gasteiger partial charge on any atom is -0.381 e. The Morgan fingerprint density at radius 1 is 1.13 bits per heavy atom. The molecule has 0 spiro atoms. The number of ether oxygens (including phenoxy) is 1. The third kappa shape index (κ3) is 4.12. The molecule has 2 heterocycles. The second-order valence-corrected chi connectivity index (χ2v) is 8.54. The molecule has 3 rings (SSSR count). The number of hydrogen-bond acceptors (Lipinski definition) is 5. The van der Waals surface area contributed by atoms with Crippen molar-refractivity contribution in [3.8, 4) is 0 Å². The van der Waals surface area contributed by atoms with E-state index in [1.165, 1.54) is 11.8 Å². The van der Waals surface area contributed by atoms with Crippen LogP contribution in [0.15, 0.2) is 29.2 Å². The Morgan fingerprint density at radius 2 is 1.74 bits per heavy atom. The lowest BCUT2D eigenvalue weighted by Crippen LogP contribution is -2.47. The van der Waals surface area contributed by atoms with Gasteiger partial charge in [0, 0.05) is 51.7 Å². The largest absolute Gasteiger partial charge is 0.381 e. The zero-order valence-electron chi connectivity index (χ0n) is 13.7. The van der Waals surface area contributed by atoms with Crippen LogP contribution in [0.25, 0.3) is 0 Å². The van der Waals surface area contributed by atoms with Gasteiger partial charge in [-0.15, -0.1) is 0 Å². The van der Waals surface area contributed by atoms with E-state index >= 15 is 0 Å². The van der Waals surface area contributed by atoms with Gasteiger partial charge in [0.2, 0.25) is 0 Å². The molecular formula is C17H26N2O3S. The summed E-state index contributed by atoms with van der Waals surface area (Å²) in [6, 6.07) is 7.85. The van der Waals surface area contributed by atoms with Gasteiger partial charge in [-0.05, 0) is 36.5 Å². The number of sulfone groups is 1. The predicted octanol–water partition coefficient (Wildman–Crippen LogP) is 1.46. The van der Waals surface area contributed by atoms with Crippen LogP contribution in [0, 0.1) is 5.92 Å². The molecule has 1 N–H and O–H groups in total. The van der Waals surface area contributed by atoms with Gasteiger partial charge in [-0.1, -0.05) is 12.1 Å². The van der Waals surface area contributed by atoms with Crippen LogP contribution < -0.4 is 5.32 Å². The molecule has 0 saturated carbocycles. The first-order chi connectivity index (χ1) is 11.1. The maximum Gasteiger partial charge on any atom is 0.175 e. The first-order valence-corrected chi connectivity index (χ1v) is 10.3. The molecule has 1 aromatic carbocycles. The van der Waals surface area contributed by atoms with E-state index in [2.05, 4.69) is 10.2 Å². The maximum absolute atomic E-state index is 11.7. The Hall–Kier alpha value is -0.950. The number of hydrogen-bond donors (Lipinski definition) is 1. The van der Waals surface area contributed by atoms with Crippen molar-refractivity contribution < 1.29 is 13.2 Å². The third-order valence-corrected chi connectivity index (χ3v) is 6.04. The predicted molar refractivity (Wildman–Crippen MR) is 90.3 cm³/mol. The monoisotopic (exact) mass is 338 g/mol. The first-order valence-electron chi connectivity index (χ1n) is 8.38. The highest BCUT2D eigenvalue weighted by Crippen LogP contribution is 2.35. The molecule has 2 aliphatic rings. The van der Waals surface area contributed by atoms with Crippen molar-refractivity contribution in [3.05, 3.63) is 29.8 Å². The SMILES string of the molecule is CS(=O)(=O)c1ccc([C@H](C2CCOCC2)N2CCNCC2)cc1. The first kappa shape index (κ1) is 16.9. The van der Waals surface area contributed by atoms with E-state index in [4.69, 9.17) is 4.74 Å². The molecule has 0 aliphatic carbocycles. The van der Waals surface area contributed by atoms with Gasteiger partial charge in [0.05, 0.1) is 4.90 Å². The van der Waals surface area contributed by atoms with Gasteiger partial charge in [-0.25, -0.2) is 8.42 Å². The number of benzene rings is 1. The van der Waals surface area contributed by atoms with Crippen LogP contribution >= 0.6 is 0 Å². The van der Waals surface area contributed by atoms with Crippen LogP contribution in [0.2, 0.25) is 0 Å². The fourth-order valence-corrected chi connectivity index (χ4v) is 4.32. The van der Waals surface area contributed by atoms with Crippen LogP contribution in [-0.4, -0.2) is 59.0 Å². The molecule has 0 amide bonds. The molecule has 2 saturated heterocycles. The van der Waals surface area contributed by atoms with E-state index in [1.54, 1.807) is 12.1 Å². The van der Waals surface area contributed by atoms with E-state index in [0.29, 0.717) is 16.9 Å². The van der Waals surface area contributed by atoms with E-state index in [9.17, 15) is 8.42 Å². The van der Waals surface area contributed by atoms with Crippen molar-refractivity contribution in [1.82, 2.24) is 10.2 Å². The van der Waals surface area contributed by atoms with E-state index in [-0.39, 0.29) is 0 Å². The Morgan fingerprint density at radius 3 is 2.30 bits per heavy atom. The number of nitrogens with zero attached hydrogens (tertiary/aromatic N) is 1. The summed E-state index contributed by atoms with van der Waals surface area (Å²) < 4.78 is 28.9. The second kappa shape index (κ2) is 7.30. The Kier molecular flexibility index (Phi) is 5.36. The van der Waals surface area contributed by atoms with Crippen molar-refractivity contribution in [2.24, 2.45) is 5.92 Å². The Bertz CT molecular complexity index is 585. The highest BCUT2D eigenvalue weighted by atomic mass is 32.2. The molecule has 1 aromatic rings. The van der Waals surface area contributed by atoms with E-state index < -0.39 is 9.84 Å². The summed E-state index contributed by atoms with van der Waals surface area (Å²) in [7, 11) is -3.14. The van der Waals surface area contributed by atoms with Crippen molar-refractivity contribution in [2.45, 2.75) is 23.8 Å². The highest BCUT2D eigenvalue weighted by molar-refractivity contribution is 7.90. The average Bonchev–Trinajstić information content (AvgIpc) is 2.57. The molecule has 23 heavy (non-hydrogen) atoms. The summed E-state index contributed by atoms with van der Waals surface area (Å²) in [5.41, 5.74) is 1.23. The standard InChI is InChI=1S/C17H26N2O3S/c1-23(20,21)16-4-2-14(3-5-16)17(15-6-12-22-13-7-15)19-10-8-18-9-11-19/h2-5,15,17-18H,6-13H2,1H3/t17-/m1/s1. The molecule has 0 unspecified atom stereocenters. The van der Waals surface area contributed by atoms with Crippen LogP contribution in [-0.2, 0) is 14.6 Å². The van der Waals surface area contributed by atoms with Crippen molar-refractivity contribution in [2.75, 3.05) is 45.6 Å². The van der Waals surface area contributed by atoms with E-state index in [1.807, 2.05) is 12.1 Å². The quantitative estimate of drug-likeness (QED) is 0.901. The van der Waals surface area contributed by atoms with Crippen molar-refractivity contribution in [1.29, 1.82) is 0 Å². The van der Waals surface area contributed by atoms with Gasteiger partial charge in [0.25, 0.3) is 0 Å². The zero-order chi connectivity index (χ0) is 16.3. The molecule has 5 nitrogen and oxygen atoms in total. The topological polar surface area (TPSA) is 58.6 Å². The smallest absolute Gasteiger partial charge is 0.175 e. The van der Waals surface area contributed by atoms with Crippen LogP contribution in [0.1, 0.15) is 24.4 Å². The van der Waals surface area contributed by atoms with Gasteiger partial charge in [-0.3, -0.25) is 4.90 Å². The number of rotatable bonds is 4. The van der Waals surface area contributed by atoms with Crippen molar-refractivity contribution in [3.63, 3.8) is 0 Å². The van der Waals surface area contributed by atoms with Crippen molar-refractivity contribution >= 4 is 9.84 Å². The number of piperazine rings is 1. The summed E-state index contributed by atoms with van der Waals surface area (Å²) in [5.74, 6) is 0.575. The maximum atomic E-state index is 11.7. The molecule has 0 bridgehead atoms. The van der Waals surface area contributed by atoms with Gasteiger partial charge in [-0.2, -0.15) is 0 Å². The Balaban J connectivity index is 1.87. The summed E-state index contributed by atoms with van der Waals surface area (Å²) in [6.45, 7) is 5.76. The van der Waals surface area contributed by atoms with E-state index in [0.717, 1.165) is 52.2 Å². The molecule has 1 atom stereocenters. The molecule has 2 aliphatic heterocycles. The van der Waals surface area contributed by atoms with Crippen LogP contribution in [0.3, 0.4) is 0 Å². The lowest BCUT2D eigenvalue weighted by Gasteiger charge is -2.41. The molecule has 6 heteroatoms. The molecule has 0 radical (unpaired) electrons. The Labute approximate surface area is 138 Å². The summed E-state index contributed by atoms with van der Waals surface area (Å²) in [4.78, 5) is 2.94. The molecule has 2 fully saturated rings. The summed E-state index contributed by atoms with van der Waals surface area (Å²) in [6.07, 6.45) is 3.40. The zero-order valence-corrected chi connectivity index (χ0v) is 14.5. The number of nitrogens with one attached hydrogen (secondary N) is 1. The fourth-order valence-electron chi connectivity index (χ4n) is 3.69. The molecular weight excluding hydrogens is 312 g/mol. The average molecular weight is 338 g/mol. The normalized spacial score (nSPS) is 22.8. The molecule has 0 aromatic heterocycles. The summed E-state index contributed by atoms with van der Waals surface area (Å²) >= 11 is 0. The third-order valence-electron chi connectivity index (χ3n) is 4.91. The van der Waals surface area contributed by atoms with Gasteiger partial charge in [0.15, 0.2) is 9.84 Å². The fraction of sp³-hybridized carbons (Fsp3) is 0.647.